The van der Waals surface area contributed by atoms with Gasteiger partial charge in [-0.3, -0.25) is 0 Å². The molecule has 0 bridgehead atoms. The van der Waals surface area contributed by atoms with E-state index < -0.39 is 10.0 Å². The molecular formula is C12H19N3O2S. The van der Waals surface area contributed by atoms with Crippen LogP contribution >= 0.6 is 0 Å². The van der Waals surface area contributed by atoms with Gasteiger partial charge in [-0.2, -0.15) is 0 Å². The van der Waals surface area contributed by atoms with Crippen LogP contribution in [0.3, 0.4) is 0 Å². The summed E-state index contributed by atoms with van der Waals surface area (Å²) in [6.07, 6.45) is 2.14. The van der Waals surface area contributed by atoms with Crippen LogP contribution in [0.4, 0.5) is 5.69 Å². The van der Waals surface area contributed by atoms with Crippen molar-refractivity contribution in [2.75, 3.05) is 26.0 Å². The summed E-state index contributed by atoms with van der Waals surface area (Å²) in [5.41, 5.74) is 6.63. The van der Waals surface area contributed by atoms with Crippen molar-refractivity contribution in [1.29, 1.82) is 0 Å². The smallest absolute Gasteiger partial charge is 0.242 e. The molecule has 1 aliphatic carbocycles. The maximum absolute atomic E-state index is 11.9. The molecule has 0 atom stereocenters. The van der Waals surface area contributed by atoms with Crippen LogP contribution in [0, 0.1) is 0 Å². The summed E-state index contributed by atoms with van der Waals surface area (Å²) in [4.78, 5) is 0.302. The molecule has 0 aromatic heterocycles. The quantitative estimate of drug-likeness (QED) is 0.830. The van der Waals surface area contributed by atoms with Crippen molar-refractivity contribution < 1.29 is 8.42 Å². The lowest BCUT2D eigenvalue weighted by molar-refractivity contribution is 0.521. The van der Waals surface area contributed by atoms with Gasteiger partial charge < -0.3 is 11.1 Å². The zero-order valence-corrected chi connectivity index (χ0v) is 11.5. The molecule has 1 aliphatic rings. The summed E-state index contributed by atoms with van der Waals surface area (Å²) in [6, 6.07) is 6.80. The Morgan fingerprint density at radius 1 is 1.28 bits per heavy atom. The Morgan fingerprint density at radius 3 is 2.22 bits per heavy atom. The van der Waals surface area contributed by atoms with E-state index in [1.165, 1.54) is 18.4 Å². The number of nitrogens with one attached hydrogen (secondary N) is 1. The number of hydrogen-bond donors (Lipinski definition) is 2. The monoisotopic (exact) mass is 269 g/mol. The molecule has 1 aromatic carbocycles. The van der Waals surface area contributed by atoms with Gasteiger partial charge in [-0.05, 0) is 37.1 Å². The summed E-state index contributed by atoms with van der Waals surface area (Å²) in [7, 11) is -0.301. The Kier molecular flexibility index (Phi) is 3.35. The third kappa shape index (κ3) is 2.50. The molecule has 0 radical (unpaired) electrons. The standard InChI is InChI=1S/C12H19N3O2S/c1-15(2)18(16,17)11-5-3-10(4-6-11)14-12(9-13)7-8-12/h3-6,14H,7-9,13H2,1-2H3. The van der Waals surface area contributed by atoms with Crippen LogP contribution in [0.25, 0.3) is 0 Å². The third-order valence-corrected chi connectivity index (χ3v) is 5.12. The van der Waals surface area contributed by atoms with Gasteiger partial charge in [0.25, 0.3) is 0 Å². The lowest BCUT2D eigenvalue weighted by Crippen LogP contribution is -2.30. The van der Waals surface area contributed by atoms with Gasteiger partial charge in [-0.25, -0.2) is 12.7 Å². The van der Waals surface area contributed by atoms with Crippen molar-refractivity contribution in [2.24, 2.45) is 5.73 Å². The first-order valence-electron chi connectivity index (χ1n) is 5.90. The highest BCUT2D eigenvalue weighted by molar-refractivity contribution is 7.89. The number of anilines is 1. The molecule has 0 saturated heterocycles. The van der Waals surface area contributed by atoms with E-state index in [0.29, 0.717) is 11.4 Å². The summed E-state index contributed by atoms with van der Waals surface area (Å²) in [5, 5.41) is 3.35. The maximum Gasteiger partial charge on any atom is 0.242 e. The minimum absolute atomic E-state index is 0.0297. The zero-order valence-electron chi connectivity index (χ0n) is 10.7. The second-order valence-electron chi connectivity index (χ2n) is 4.92. The SMILES string of the molecule is CN(C)S(=O)(=O)c1ccc(NC2(CN)CC2)cc1. The summed E-state index contributed by atoms with van der Waals surface area (Å²) >= 11 is 0. The Hall–Kier alpha value is -1.11. The minimum Gasteiger partial charge on any atom is -0.378 e. The van der Waals surface area contributed by atoms with Crippen molar-refractivity contribution >= 4 is 15.7 Å². The molecule has 0 heterocycles. The second-order valence-corrected chi connectivity index (χ2v) is 7.07. The predicted octanol–water partition coefficient (Wildman–Crippen LogP) is 0.840. The first-order valence-corrected chi connectivity index (χ1v) is 7.34. The molecular weight excluding hydrogens is 250 g/mol. The molecule has 3 N–H and O–H groups in total. The molecule has 1 aromatic rings. The molecule has 18 heavy (non-hydrogen) atoms. The fourth-order valence-electron chi connectivity index (χ4n) is 1.76. The van der Waals surface area contributed by atoms with E-state index >= 15 is 0 Å². The van der Waals surface area contributed by atoms with Gasteiger partial charge in [0, 0.05) is 31.9 Å². The minimum atomic E-state index is -3.35. The molecule has 5 nitrogen and oxygen atoms in total. The Morgan fingerprint density at radius 2 is 1.83 bits per heavy atom. The van der Waals surface area contributed by atoms with E-state index in [1.807, 2.05) is 0 Å². The normalized spacial score (nSPS) is 17.8. The third-order valence-electron chi connectivity index (χ3n) is 3.29. The fraction of sp³-hybridized carbons (Fsp3) is 0.500. The lowest BCUT2D eigenvalue weighted by Gasteiger charge is -2.17. The molecule has 1 fully saturated rings. The van der Waals surface area contributed by atoms with Crippen molar-refractivity contribution in [3.63, 3.8) is 0 Å². The Labute approximate surface area is 108 Å². The van der Waals surface area contributed by atoms with Crippen LogP contribution in [0.1, 0.15) is 12.8 Å². The number of sulfonamides is 1. The first kappa shape index (κ1) is 13.3. The van der Waals surface area contributed by atoms with Crippen molar-refractivity contribution in [2.45, 2.75) is 23.3 Å². The highest BCUT2D eigenvalue weighted by Crippen LogP contribution is 2.37. The molecule has 0 amide bonds. The van der Waals surface area contributed by atoms with Crippen LogP contribution in [0.5, 0.6) is 0 Å². The Balaban J connectivity index is 2.16. The zero-order chi connectivity index (χ0) is 13.4. The van der Waals surface area contributed by atoms with Crippen LogP contribution < -0.4 is 11.1 Å². The van der Waals surface area contributed by atoms with E-state index in [4.69, 9.17) is 5.73 Å². The fourth-order valence-corrected chi connectivity index (χ4v) is 2.66. The van der Waals surface area contributed by atoms with Crippen LogP contribution in [-0.4, -0.2) is 38.9 Å². The summed E-state index contributed by atoms with van der Waals surface area (Å²) < 4.78 is 25.0. The molecule has 0 aliphatic heterocycles. The van der Waals surface area contributed by atoms with Gasteiger partial charge in [-0.15, -0.1) is 0 Å². The van der Waals surface area contributed by atoms with Crippen molar-refractivity contribution in [3.8, 4) is 0 Å². The average Bonchev–Trinajstić information content (AvgIpc) is 3.10. The van der Waals surface area contributed by atoms with Crippen molar-refractivity contribution in [3.05, 3.63) is 24.3 Å². The highest BCUT2D eigenvalue weighted by Gasteiger charge is 2.41. The average molecular weight is 269 g/mol. The summed E-state index contributed by atoms with van der Waals surface area (Å²) in [5.74, 6) is 0. The van der Waals surface area contributed by atoms with E-state index in [9.17, 15) is 8.42 Å². The van der Waals surface area contributed by atoms with E-state index in [2.05, 4.69) is 5.32 Å². The maximum atomic E-state index is 11.9. The highest BCUT2D eigenvalue weighted by atomic mass is 32.2. The molecule has 2 rings (SSSR count). The number of hydrogen-bond acceptors (Lipinski definition) is 4. The largest absolute Gasteiger partial charge is 0.378 e. The first-order chi connectivity index (χ1) is 8.39. The van der Waals surface area contributed by atoms with Crippen LogP contribution in [-0.2, 0) is 10.0 Å². The van der Waals surface area contributed by atoms with Gasteiger partial charge in [0.15, 0.2) is 0 Å². The van der Waals surface area contributed by atoms with Gasteiger partial charge in [-0.1, -0.05) is 0 Å². The number of benzene rings is 1. The molecule has 1 saturated carbocycles. The number of nitrogens with zero attached hydrogens (tertiary/aromatic N) is 1. The van der Waals surface area contributed by atoms with Gasteiger partial charge in [0.2, 0.25) is 10.0 Å². The van der Waals surface area contributed by atoms with Gasteiger partial charge in [0.05, 0.1) is 4.90 Å². The van der Waals surface area contributed by atoms with E-state index in [1.54, 1.807) is 24.3 Å². The van der Waals surface area contributed by atoms with Gasteiger partial charge >= 0.3 is 0 Å². The van der Waals surface area contributed by atoms with Gasteiger partial charge in [0.1, 0.15) is 0 Å². The summed E-state index contributed by atoms with van der Waals surface area (Å²) in [6.45, 7) is 0.602. The van der Waals surface area contributed by atoms with Crippen molar-refractivity contribution in [1.82, 2.24) is 4.31 Å². The number of rotatable bonds is 5. The molecule has 0 unspecified atom stereocenters. The predicted molar refractivity (Wildman–Crippen MR) is 72.0 cm³/mol. The second kappa shape index (κ2) is 4.53. The molecule has 6 heteroatoms. The lowest BCUT2D eigenvalue weighted by atomic mass is 10.2. The van der Waals surface area contributed by atoms with E-state index in [-0.39, 0.29) is 5.54 Å². The topological polar surface area (TPSA) is 75.4 Å². The van der Waals surface area contributed by atoms with Crippen LogP contribution in [0.15, 0.2) is 29.2 Å². The Bertz CT molecular complexity index is 519. The van der Waals surface area contributed by atoms with Crippen LogP contribution in [0.2, 0.25) is 0 Å². The molecule has 0 spiro atoms. The van der Waals surface area contributed by atoms with E-state index in [0.717, 1.165) is 18.5 Å². The molecule has 100 valence electrons. The number of nitrogens with two attached hydrogens (primary N) is 1.